The first kappa shape index (κ1) is 18.7. The molecule has 0 radical (unpaired) electrons. The monoisotopic (exact) mass is 339 g/mol. The van der Waals surface area contributed by atoms with Crippen molar-refractivity contribution in [3.63, 3.8) is 0 Å². The van der Waals surface area contributed by atoms with Crippen LogP contribution in [-0.2, 0) is 11.3 Å². The molecule has 0 aliphatic rings. The molecule has 2 amide bonds. The van der Waals surface area contributed by atoms with Crippen molar-refractivity contribution in [3.8, 4) is 0 Å². The summed E-state index contributed by atoms with van der Waals surface area (Å²) in [6.07, 6.45) is 0. The number of amides is 2. The van der Waals surface area contributed by atoms with Crippen molar-refractivity contribution in [2.45, 2.75) is 20.4 Å². The molecule has 0 aliphatic carbocycles. The molecular formula is C20H25N3O2. The fourth-order valence-electron chi connectivity index (χ4n) is 2.51. The van der Waals surface area contributed by atoms with Crippen molar-refractivity contribution >= 4 is 17.5 Å². The molecule has 0 unspecified atom stereocenters. The summed E-state index contributed by atoms with van der Waals surface area (Å²) in [6.45, 7) is 6.15. The zero-order valence-corrected chi connectivity index (χ0v) is 14.8. The Hall–Kier alpha value is -2.66. The van der Waals surface area contributed by atoms with E-state index in [1.165, 1.54) is 0 Å². The van der Waals surface area contributed by atoms with E-state index >= 15 is 0 Å². The van der Waals surface area contributed by atoms with Gasteiger partial charge < -0.3 is 15.5 Å². The molecule has 2 aromatic rings. The van der Waals surface area contributed by atoms with E-state index in [2.05, 4.69) is 10.6 Å². The molecule has 0 saturated carbocycles. The SMILES string of the molecule is CCN(CC)C(=O)c1ccc(NC(=O)CNCc2ccccc2)cc1. The number of carbonyl (C=O) groups is 2. The fourth-order valence-corrected chi connectivity index (χ4v) is 2.51. The Kier molecular flexibility index (Phi) is 7.16. The van der Waals surface area contributed by atoms with Crippen LogP contribution in [0, 0.1) is 0 Å². The zero-order chi connectivity index (χ0) is 18.1. The molecule has 0 heterocycles. The molecule has 2 N–H and O–H groups in total. The first-order chi connectivity index (χ1) is 12.1. The van der Waals surface area contributed by atoms with Crippen LogP contribution in [0.2, 0.25) is 0 Å². The number of anilines is 1. The molecule has 0 bridgehead atoms. The van der Waals surface area contributed by atoms with Crippen LogP contribution >= 0.6 is 0 Å². The maximum Gasteiger partial charge on any atom is 0.253 e. The molecule has 5 heteroatoms. The Labute approximate surface area is 149 Å². The van der Waals surface area contributed by atoms with Crippen molar-refractivity contribution < 1.29 is 9.59 Å². The van der Waals surface area contributed by atoms with Gasteiger partial charge in [-0.05, 0) is 43.7 Å². The first-order valence-electron chi connectivity index (χ1n) is 8.57. The molecule has 5 nitrogen and oxygen atoms in total. The van der Waals surface area contributed by atoms with Crippen molar-refractivity contribution in [1.82, 2.24) is 10.2 Å². The normalized spacial score (nSPS) is 10.3. The van der Waals surface area contributed by atoms with E-state index in [-0.39, 0.29) is 18.4 Å². The Balaban J connectivity index is 1.82. The van der Waals surface area contributed by atoms with Gasteiger partial charge in [0.05, 0.1) is 6.54 Å². The van der Waals surface area contributed by atoms with E-state index in [0.29, 0.717) is 30.9 Å². The lowest BCUT2D eigenvalue weighted by molar-refractivity contribution is -0.115. The van der Waals surface area contributed by atoms with Gasteiger partial charge in [0.1, 0.15) is 0 Å². The lowest BCUT2D eigenvalue weighted by Crippen LogP contribution is -2.30. The largest absolute Gasteiger partial charge is 0.339 e. The summed E-state index contributed by atoms with van der Waals surface area (Å²) < 4.78 is 0. The topological polar surface area (TPSA) is 61.4 Å². The highest BCUT2D eigenvalue weighted by molar-refractivity contribution is 5.96. The minimum atomic E-state index is -0.112. The fraction of sp³-hybridized carbons (Fsp3) is 0.300. The van der Waals surface area contributed by atoms with Crippen LogP contribution in [0.1, 0.15) is 29.8 Å². The molecule has 132 valence electrons. The predicted molar refractivity (Wildman–Crippen MR) is 100 cm³/mol. The average Bonchev–Trinajstić information content (AvgIpc) is 2.64. The van der Waals surface area contributed by atoms with Gasteiger partial charge in [-0.2, -0.15) is 0 Å². The van der Waals surface area contributed by atoms with Gasteiger partial charge in [0, 0.05) is 30.9 Å². The molecule has 0 atom stereocenters. The quantitative estimate of drug-likeness (QED) is 0.777. The van der Waals surface area contributed by atoms with Crippen molar-refractivity contribution in [1.29, 1.82) is 0 Å². The number of carbonyl (C=O) groups excluding carboxylic acids is 2. The molecule has 2 aromatic carbocycles. The number of hydrogen-bond donors (Lipinski definition) is 2. The molecule has 2 rings (SSSR count). The second-order valence-electron chi connectivity index (χ2n) is 5.69. The van der Waals surface area contributed by atoms with E-state index in [1.807, 2.05) is 44.2 Å². The molecule has 0 fully saturated rings. The van der Waals surface area contributed by atoms with Gasteiger partial charge in [0.25, 0.3) is 5.91 Å². The number of rotatable bonds is 8. The summed E-state index contributed by atoms with van der Waals surface area (Å²) >= 11 is 0. The van der Waals surface area contributed by atoms with E-state index in [9.17, 15) is 9.59 Å². The number of hydrogen-bond acceptors (Lipinski definition) is 3. The molecule has 0 aliphatic heterocycles. The Bertz CT molecular complexity index is 680. The molecule has 0 saturated heterocycles. The summed E-state index contributed by atoms with van der Waals surface area (Å²) in [5, 5.41) is 5.93. The summed E-state index contributed by atoms with van der Waals surface area (Å²) in [5.41, 5.74) is 2.45. The Morgan fingerprint density at radius 1 is 0.920 bits per heavy atom. The summed E-state index contributed by atoms with van der Waals surface area (Å²) in [7, 11) is 0. The first-order valence-corrected chi connectivity index (χ1v) is 8.57. The second kappa shape index (κ2) is 9.59. The second-order valence-corrected chi connectivity index (χ2v) is 5.69. The van der Waals surface area contributed by atoms with Crippen LogP contribution in [0.4, 0.5) is 5.69 Å². The van der Waals surface area contributed by atoms with Gasteiger partial charge >= 0.3 is 0 Å². The number of nitrogens with zero attached hydrogens (tertiary/aromatic N) is 1. The molecule has 0 aromatic heterocycles. The zero-order valence-electron chi connectivity index (χ0n) is 14.8. The maximum absolute atomic E-state index is 12.2. The average molecular weight is 339 g/mol. The standard InChI is InChI=1S/C20H25N3O2/c1-3-23(4-2)20(25)17-10-12-18(13-11-17)22-19(24)15-21-14-16-8-6-5-7-9-16/h5-13,21H,3-4,14-15H2,1-2H3,(H,22,24). The number of benzene rings is 2. The number of nitrogens with one attached hydrogen (secondary N) is 2. The van der Waals surface area contributed by atoms with Crippen molar-refractivity contribution in [3.05, 3.63) is 65.7 Å². The van der Waals surface area contributed by atoms with Crippen LogP contribution in [0.5, 0.6) is 0 Å². The molecular weight excluding hydrogens is 314 g/mol. The van der Waals surface area contributed by atoms with E-state index in [1.54, 1.807) is 29.2 Å². The van der Waals surface area contributed by atoms with Crippen LogP contribution in [-0.4, -0.2) is 36.3 Å². The third-order valence-electron chi connectivity index (χ3n) is 3.92. The highest BCUT2D eigenvalue weighted by Crippen LogP contribution is 2.11. The van der Waals surface area contributed by atoms with Crippen LogP contribution in [0.25, 0.3) is 0 Å². The van der Waals surface area contributed by atoms with Gasteiger partial charge in [-0.1, -0.05) is 30.3 Å². The van der Waals surface area contributed by atoms with Crippen LogP contribution in [0.3, 0.4) is 0 Å². The maximum atomic E-state index is 12.2. The van der Waals surface area contributed by atoms with Gasteiger partial charge in [0.15, 0.2) is 0 Å². The van der Waals surface area contributed by atoms with E-state index in [0.717, 1.165) is 5.56 Å². The molecule has 25 heavy (non-hydrogen) atoms. The summed E-state index contributed by atoms with van der Waals surface area (Å²) in [4.78, 5) is 26.0. The lowest BCUT2D eigenvalue weighted by Gasteiger charge is -2.18. The highest BCUT2D eigenvalue weighted by atomic mass is 16.2. The third kappa shape index (κ3) is 5.72. The van der Waals surface area contributed by atoms with Gasteiger partial charge in [-0.3, -0.25) is 9.59 Å². The molecule has 0 spiro atoms. The minimum absolute atomic E-state index is 0.00686. The minimum Gasteiger partial charge on any atom is -0.339 e. The predicted octanol–water partition coefficient (Wildman–Crippen LogP) is 2.90. The lowest BCUT2D eigenvalue weighted by atomic mass is 10.1. The Morgan fingerprint density at radius 2 is 1.56 bits per heavy atom. The van der Waals surface area contributed by atoms with E-state index in [4.69, 9.17) is 0 Å². The van der Waals surface area contributed by atoms with Crippen molar-refractivity contribution in [2.75, 3.05) is 25.0 Å². The Morgan fingerprint density at radius 3 is 2.16 bits per heavy atom. The smallest absolute Gasteiger partial charge is 0.253 e. The van der Waals surface area contributed by atoms with Crippen LogP contribution in [0.15, 0.2) is 54.6 Å². The van der Waals surface area contributed by atoms with Gasteiger partial charge in [-0.25, -0.2) is 0 Å². The van der Waals surface area contributed by atoms with Crippen LogP contribution < -0.4 is 10.6 Å². The van der Waals surface area contributed by atoms with E-state index < -0.39 is 0 Å². The third-order valence-corrected chi connectivity index (χ3v) is 3.92. The highest BCUT2D eigenvalue weighted by Gasteiger charge is 2.12. The van der Waals surface area contributed by atoms with Gasteiger partial charge in [0.2, 0.25) is 5.91 Å². The van der Waals surface area contributed by atoms with Crippen molar-refractivity contribution in [2.24, 2.45) is 0 Å². The summed E-state index contributed by atoms with van der Waals surface area (Å²) in [5.74, 6) is -0.105. The van der Waals surface area contributed by atoms with Gasteiger partial charge in [-0.15, -0.1) is 0 Å². The summed E-state index contributed by atoms with van der Waals surface area (Å²) in [6, 6.07) is 16.9.